The second-order valence-corrected chi connectivity index (χ2v) is 3.70. The summed E-state index contributed by atoms with van der Waals surface area (Å²) in [6, 6.07) is 5.04. The third kappa shape index (κ3) is 3.24. The molecule has 0 aromatic heterocycles. The molecule has 1 rings (SSSR count). The number of anilines is 1. The van der Waals surface area contributed by atoms with Crippen LogP contribution in [0.25, 0.3) is 0 Å². The van der Waals surface area contributed by atoms with Crippen molar-refractivity contribution in [2.75, 3.05) is 19.5 Å². The molecule has 0 aliphatic rings. The molecule has 0 saturated carbocycles. The summed E-state index contributed by atoms with van der Waals surface area (Å²) in [5, 5.41) is 0. The largest absolute Gasteiger partial charge is 0.488 e. The molecule has 1 aromatic rings. The van der Waals surface area contributed by atoms with Gasteiger partial charge in [0.25, 0.3) is 0 Å². The van der Waals surface area contributed by atoms with Crippen molar-refractivity contribution in [3.05, 3.63) is 23.8 Å². The van der Waals surface area contributed by atoms with E-state index in [1.165, 1.54) is 6.92 Å². The van der Waals surface area contributed by atoms with Gasteiger partial charge in [-0.25, -0.2) is 0 Å². The quantitative estimate of drug-likeness (QED) is 0.611. The van der Waals surface area contributed by atoms with Crippen LogP contribution in [0.2, 0.25) is 0 Å². The number of rotatable bonds is 5. The van der Waals surface area contributed by atoms with Crippen LogP contribution >= 0.6 is 0 Å². The molecule has 4 heteroatoms. The Morgan fingerprint density at radius 2 is 2.19 bits per heavy atom. The molecule has 0 fully saturated rings. The molecular weight excluding hydrogens is 206 g/mol. The second kappa shape index (κ2) is 5.51. The van der Waals surface area contributed by atoms with Crippen LogP contribution in [0, 0.1) is 0 Å². The highest BCUT2D eigenvalue weighted by molar-refractivity contribution is 5.97. The minimum atomic E-state index is -0.105. The third-order valence-electron chi connectivity index (χ3n) is 2.11. The number of methoxy groups -OCH3 is 1. The summed E-state index contributed by atoms with van der Waals surface area (Å²) in [7, 11) is 1.61. The Morgan fingerprint density at radius 3 is 2.75 bits per heavy atom. The fraction of sp³-hybridized carbons (Fsp3) is 0.417. The molecule has 4 nitrogen and oxygen atoms in total. The Balaban J connectivity index is 2.90. The fourth-order valence-electron chi connectivity index (χ4n) is 1.41. The van der Waals surface area contributed by atoms with E-state index in [9.17, 15) is 4.79 Å². The standard InChI is InChI=1S/C12H17NO3/c1-8(7-15-3)16-12-5-4-10(13)6-11(12)9(2)14/h4-6,8H,7,13H2,1-3H3. The van der Waals surface area contributed by atoms with Gasteiger partial charge in [-0.3, -0.25) is 4.79 Å². The van der Waals surface area contributed by atoms with Crippen LogP contribution < -0.4 is 10.5 Å². The highest BCUT2D eigenvalue weighted by Gasteiger charge is 2.11. The Kier molecular flexibility index (Phi) is 4.31. The Labute approximate surface area is 95.3 Å². The zero-order valence-corrected chi connectivity index (χ0v) is 9.82. The number of carbonyl (C=O) groups excluding carboxylic acids is 1. The average Bonchev–Trinajstić information content (AvgIpc) is 2.20. The minimum Gasteiger partial charge on any atom is -0.488 e. The Bertz CT molecular complexity index is 377. The number of nitrogens with two attached hydrogens (primary N) is 1. The maximum Gasteiger partial charge on any atom is 0.163 e. The van der Waals surface area contributed by atoms with Gasteiger partial charge in [0.2, 0.25) is 0 Å². The normalized spacial score (nSPS) is 12.2. The summed E-state index contributed by atoms with van der Waals surface area (Å²) in [6.07, 6.45) is -0.105. The van der Waals surface area contributed by atoms with Gasteiger partial charge in [0.05, 0.1) is 12.2 Å². The van der Waals surface area contributed by atoms with Crippen molar-refractivity contribution in [2.45, 2.75) is 20.0 Å². The van der Waals surface area contributed by atoms with Crippen LogP contribution in [0.15, 0.2) is 18.2 Å². The zero-order chi connectivity index (χ0) is 12.1. The molecule has 0 bridgehead atoms. The first kappa shape index (κ1) is 12.5. The lowest BCUT2D eigenvalue weighted by atomic mass is 10.1. The number of Topliss-reactive ketones (excluding diaryl/α,β-unsaturated/α-hetero) is 1. The summed E-state index contributed by atoms with van der Waals surface area (Å²) in [5.41, 5.74) is 6.68. The number of ether oxygens (including phenoxy) is 2. The maximum absolute atomic E-state index is 11.4. The van der Waals surface area contributed by atoms with Crippen LogP contribution in [0.4, 0.5) is 5.69 Å². The minimum absolute atomic E-state index is 0.0630. The fourth-order valence-corrected chi connectivity index (χ4v) is 1.41. The number of carbonyl (C=O) groups is 1. The van der Waals surface area contributed by atoms with Crippen molar-refractivity contribution < 1.29 is 14.3 Å². The molecular formula is C12H17NO3. The molecule has 0 heterocycles. The lowest BCUT2D eigenvalue weighted by Gasteiger charge is -2.16. The van der Waals surface area contributed by atoms with E-state index >= 15 is 0 Å². The van der Waals surface area contributed by atoms with E-state index < -0.39 is 0 Å². The molecule has 1 unspecified atom stereocenters. The van der Waals surface area contributed by atoms with E-state index in [0.717, 1.165) is 0 Å². The number of benzene rings is 1. The van der Waals surface area contributed by atoms with E-state index in [2.05, 4.69) is 0 Å². The van der Waals surface area contributed by atoms with Gasteiger partial charge in [-0.15, -0.1) is 0 Å². The second-order valence-electron chi connectivity index (χ2n) is 3.70. The summed E-state index contributed by atoms with van der Waals surface area (Å²) < 4.78 is 10.6. The van der Waals surface area contributed by atoms with E-state index in [-0.39, 0.29) is 11.9 Å². The summed E-state index contributed by atoms with van der Waals surface area (Å²) in [6.45, 7) is 3.84. The number of nitrogen functional groups attached to an aromatic ring is 1. The first-order valence-corrected chi connectivity index (χ1v) is 5.10. The lowest BCUT2D eigenvalue weighted by molar-refractivity contribution is 0.0889. The molecule has 2 N–H and O–H groups in total. The van der Waals surface area contributed by atoms with Gasteiger partial charge in [-0.2, -0.15) is 0 Å². The van der Waals surface area contributed by atoms with Crippen molar-refractivity contribution in [1.29, 1.82) is 0 Å². The molecule has 0 amide bonds. The Morgan fingerprint density at radius 1 is 1.50 bits per heavy atom. The van der Waals surface area contributed by atoms with Crippen molar-refractivity contribution in [2.24, 2.45) is 0 Å². The van der Waals surface area contributed by atoms with E-state index in [1.807, 2.05) is 6.92 Å². The maximum atomic E-state index is 11.4. The number of hydrogen-bond acceptors (Lipinski definition) is 4. The van der Waals surface area contributed by atoms with Crippen molar-refractivity contribution in [3.63, 3.8) is 0 Å². The summed E-state index contributed by atoms with van der Waals surface area (Å²) >= 11 is 0. The first-order chi connectivity index (χ1) is 7.54. The smallest absolute Gasteiger partial charge is 0.163 e. The van der Waals surface area contributed by atoms with E-state index in [4.69, 9.17) is 15.2 Å². The average molecular weight is 223 g/mol. The van der Waals surface area contributed by atoms with Gasteiger partial charge in [0.15, 0.2) is 5.78 Å². The highest BCUT2D eigenvalue weighted by Crippen LogP contribution is 2.23. The van der Waals surface area contributed by atoms with Crippen molar-refractivity contribution >= 4 is 11.5 Å². The molecule has 88 valence electrons. The van der Waals surface area contributed by atoms with Crippen LogP contribution in [-0.4, -0.2) is 25.6 Å². The monoisotopic (exact) mass is 223 g/mol. The lowest BCUT2D eigenvalue weighted by Crippen LogP contribution is -2.19. The molecule has 1 atom stereocenters. The molecule has 0 aliphatic heterocycles. The van der Waals surface area contributed by atoms with Gasteiger partial charge >= 0.3 is 0 Å². The van der Waals surface area contributed by atoms with Crippen LogP contribution in [-0.2, 0) is 4.74 Å². The zero-order valence-electron chi connectivity index (χ0n) is 9.82. The number of hydrogen-bond donors (Lipinski definition) is 1. The predicted molar refractivity (Wildman–Crippen MR) is 62.8 cm³/mol. The van der Waals surface area contributed by atoms with Gasteiger partial charge in [-0.05, 0) is 32.0 Å². The van der Waals surface area contributed by atoms with Crippen LogP contribution in [0.5, 0.6) is 5.75 Å². The molecule has 0 aliphatic carbocycles. The van der Waals surface area contributed by atoms with Crippen LogP contribution in [0.1, 0.15) is 24.2 Å². The topological polar surface area (TPSA) is 61.6 Å². The summed E-state index contributed by atoms with van der Waals surface area (Å²) in [4.78, 5) is 11.4. The predicted octanol–water partition coefficient (Wildman–Crippen LogP) is 1.89. The van der Waals surface area contributed by atoms with Crippen LogP contribution in [0.3, 0.4) is 0 Å². The molecule has 1 aromatic carbocycles. The van der Waals surface area contributed by atoms with E-state index in [1.54, 1.807) is 25.3 Å². The molecule has 0 radical (unpaired) electrons. The third-order valence-corrected chi connectivity index (χ3v) is 2.11. The summed E-state index contributed by atoms with van der Waals surface area (Å²) in [5.74, 6) is 0.484. The highest BCUT2D eigenvalue weighted by atomic mass is 16.5. The van der Waals surface area contributed by atoms with Gasteiger partial charge in [0.1, 0.15) is 11.9 Å². The van der Waals surface area contributed by atoms with Gasteiger partial charge < -0.3 is 15.2 Å². The van der Waals surface area contributed by atoms with Crippen molar-refractivity contribution in [3.8, 4) is 5.75 Å². The molecule has 0 saturated heterocycles. The van der Waals surface area contributed by atoms with Gasteiger partial charge in [0, 0.05) is 12.8 Å². The molecule has 0 spiro atoms. The van der Waals surface area contributed by atoms with Crippen molar-refractivity contribution in [1.82, 2.24) is 0 Å². The van der Waals surface area contributed by atoms with Gasteiger partial charge in [-0.1, -0.05) is 0 Å². The SMILES string of the molecule is COCC(C)Oc1ccc(N)cc1C(C)=O. The number of ketones is 1. The van der Waals surface area contributed by atoms with E-state index in [0.29, 0.717) is 23.6 Å². The Hall–Kier alpha value is -1.55. The molecule has 16 heavy (non-hydrogen) atoms. The first-order valence-electron chi connectivity index (χ1n) is 5.10.